The molecule has 0 saturated carbocycles. The van der Waals surface area contributed by atoms with Crippen molar-refractivity contribution in [3.63, 3.8) is 0 Å². The number of aromatic amines is 1. The molecule has 2 aromatic heterocycles. The topological polar surface area (TPSA) is 86.3 Å². The van der Waals surface area contributed by atoms with Crippen molar-refractivity contribution in [2.45, 2.75) is 33.8 Å². The Morgan fingerprint density at radius 3 is 2.39 bits per heavy atom. The first-order valence-corrected chi connectivity index (χ1v) is 9.19. The number of hydrogen-bond donors (Lipinski definition) is 1. The lowest BCUT2D eigenvalue weighted by Crippen LogP contribution is -2.15. The minimum Gasteiger partial charge on any atom is -0.497 e. The predicted molar refractivity (Wildman–Crippen MR) is 108 cm³/mol. The molecule has 7 nitrogen and oxygen atoms in total. The maximum Gasteiger partial charge on any atom is 0.262 e. The lowest BCUT2D eigenvalue weighted by atomic mass is 10.1. The molecule has 0 fully saturated rings. The maximum atomic E-state index is 12.8. The molecular formula is C21H25N3O4. The minimum atomic E-state index is -0.269. The van der Waals surface area contributed by atoms with Crippen LogP contribution in [0.1, 0.15) is 25.2 Å². The molecule has 148 valence electrons. The fourth-order valence-electron chi connectivity index (χ4n) is 2.99. The Bertz CT molecular complexity index is 1020. The number of fused-ring (bicyclic) bond motifs is 1. The highest BCUT2D eigenvalue weighted by atomic mass is 16.5. The van der Waals surface area contributed by atoms with Gasteiger partial charge in [-0.1, -0.05) is 0 Å². The van der Waals surface area contributed by atoms with Crippen LogP contribution in [0.4, 0.5) is 0 Å². The highest BCUT2D eigenvalue weighted by Gasteiger charge is 2.14. The van der Waals surface area contributed by atoms with Crippen LogP contribution in [0.25, 0.3) is 22.3 Å². The molecule has 28 heavy (non-hydrogen) atoms. The van der Waals surface area contributed by atoms with E-state index in [1.807, 2.05) is 39.8 Å². The fourth-order valence-corrected chi connectivity index (χ4v) is 2.99. The van der Waals surface area contributed by atoms with Crippen LogP contribution in [0.5, 0.6) is 11.5 Å². The van der Waals surface area contributed by atoms with Crippen molar-refractivity contribution < 1.29 is 14.2 Å². The molecule has 1 N–H and O–H groups in total. The molecule has 3 aromatic rings. The van der Waals surface area contributed by atoms with Gasteiger partial charge in [-0.25, -0.2) is 4.98 Å². The third-order valence-corrected chi connectivity index (χ3v) is 4.13. The summed E-state index contributed by atoms with van der Waals surface area (Å²) < 4.78 is 16.7. The summed E-state index contributed by atoms with van der Waals surface area (Å²) in [4.78, 5) is 24.7. The molecule has 0 bridgehead atoms. The van der Waals surface area contributed by atoms with E-state index in [1.54, 1.807) is 19.2 Å². The summed E-state index contributed by atoms with van der Waals surface area (Å²) in [6.07, 6.45) is 0.116. The predicted octanol–water partition coefficient (Wildman–Crippen LogP) is 3.41. The summed E-state index contributed by atoms with van der Waals surface area (Å²) >= 11 is 0. The van der Waals surface area contributed by atoms with Gasteiger partial charge in [-0.05, 0) is 39.8 Å². The van der Waals surface area contributed by atoms with E-state index in [2.05, 4.69) is 15.0 Å². The number of ether oxygens (including phenoxy) is 3. The molecule has 7 heteroatoms. The number of aromatic nitrogens is 3. The second-order valence-corrected chi connectivity index (χ2v) is 6.84. The first kappa shape index (κ1) is 19.8. The van der Waals surface area contributed by atoms with E-state index in [1.165, 1.54) is 0 Å². The largest absolute Gasteiger partial charge is 0.497 e. The van der Waals surface area contributed by atoms with Gasteiger partial charge in [0.2, 0.25) is 0 Å². The van der Waals surface area contributed by atoms with Crippen LogP contribution >= 0.6 is 0 Å². The SMILES string of the molecule is COc1cc(OCCOC(C)C)c2c(=O)[nH]c(-c3cc(C)nc(C)c3)nc2c1. The van der Waals surface area contributed by atoms with Crippen molar-refractivity contribution in [3.05, 3.63) is 46.0 Å². The third-order valence-electron chi connectivity index (χ3n) is 4.13. The summed E-state index contributed by atoms with van der Waals surface area (Å²) in [7, 11) is 1.57. The number of aryl methyl sites for hydroxylation is 2. The van der Waals surface area contributed by atoms with Crippen molar-refractivity contribution >= 4 is 10.9 Å². The summed E-state index contributed by atoms with van der Waals surface area (Å²) in [5, 5.41) is 0.386. The van der Waals surface area contributed by atoms with Crippen LogP contribution in [0, 0.1) is 13.8 Å². The Balaban J connectivity index is 2.05. The van der Waals surface area contributed by atoms with Crippen LogP contribution in [-0.2, 0) is 4.74 Å². The van der Waals surface area contributed by atoms with E-state index in [9.17, 15) is 4.79 Å². The van der Waals surface area contributed by atoms with E-state index >= 15 is 0 Å². The summed E-state index contributed by atoms with van der Waals surface area (Å²) in [5.41, 5.74) is 2.76. The molecule has 1 aromatic carbocycles. The average molecular weight is 383 g/mol. The van der Waals surface area contributed by atoms with Crippen molar-refractivity contribution in [1.82, 2.24) is 15.0 Å². The second-order valence-electron chi connectivity index (χ2n) is 6.84. The molecule has 0 aliphatic heterocycles. The second kappa shape index (κ2) is 8.39. The molecule has 0 atom stereocenters. The number of nitrogens with zero attached hydrogens (tertiary/aromatic N) is 2. The fraction of sp³-hybridized carbons (Fsp3) is 0.381. The number of benzene rings is 1. The minimum absolute atomic E-state index is 0.116. The molecule has 3 rings (SSSR count). The maximum absolute atomic E-state index is 12.8. The zero-order valence-corrected chi connectivity index (χ0v) is 16.8. The molecule has 0 unspecified atom stereocenters. The van der Waals surface area contributed by atoms with Crippen molar-refractivity contribution in [3.8, 4) is 22.9 Å². The first-order chi connectivity index (χ1) is 13.4. The summed E-state index contributed by atoms with van der Waals surface area (Å²) in [6, 6.07) is 7.19. The molecule has 0 spiro atoms. The van der Waals surface area contributed by atoms with Crippen molar-refractivity contribution in [2.75, 3.05) is 20.3 Å². The number of methoxy groups -OCH3 is 1. The van der Waals surface area contributed by atoms with E-state index in [0.29, 0.717) is 41.4 Å². The molecule has 2 heterocycles. The number of pyridine rings is 1. The Hall–Kier alpha value is -2.93. The Morgan fingerprint density at radius 1 is 1.04 bits per heavy atom. The van der Waals surface area contributed by atoms with E-state index in [0.717, 1.165) is 17.0 Å². The van der Waals surface area contributed by atoms with Crippen LogP contribution in [0.15, 0.2) is 29.1 Å². The molecular weight excluding hydrogens is 358 g/mol. The van der Waals surface area contributed by atoms with Gasteiger partial charge in [0.25, 0.3) is 5.56 Å². The highest BCUT2D eigenvalue weighted by molar-refractivity contribution is 5.87. The first-order valence-electron chi connectivity index (χ1n) is 9.19. The zero-order chi connectivity index (χ0) is 20.3. The summed E-state index contributed by atoms with van der Waals surface area (Å²) in [6.45, 7) is 8.48. The number of nitrogens with one attached hydrogen (secondary N) is 1. The van der Waals surface area contributed by atoms with Gasteiger partial charge >= 0.3 is 0 Å². The van der Waals surface area contributed by atoms with E-state index < -0.39 is 0 Å². The Labute approximate surface area is 163 Å². The third kappa shape index (κ3) is 4.48. The van der Waals surface area contributed by atoms with Gasteiger partial charge < -0.3 is 19.2 Å². The Kier molecular flexibility index (Phi) is 5.94. The number of hydrogen-bond acceptors (Lipinski definition) is 6. The number of rotatable bonds is 7. The van der Waals surface area contributed by atoms with Crippen LogP contribution in [-0.4, -0.2) is 41.4 Å². The lowest BCUT2D eigenvalue weighted by Gasteiger charge is -2.13. The van der Waals surface area contributed by atoms with Crippen LogP contribution < -0.4 is 15.0 Å². The Morgan fingerprint density at radius 2 is 1.75 bits per heavy atom. The zero-order valence-electron chi connectivity index (χ0n) is 16.8. The van der Waals surface area contributed by atoms with Crippen molar-refractivity contribution in [2.24, 2.45) is 0 Å². The standard InChI is InChI=1S/C21H25N3O4/c1-12(2)27-6-7-28-18-11-16(26-5)10-17-19(18)21(25)24-20(23-17)15-8-13(3)22-14(4)9-15/h8-12H,6-7H2,1-5H3,(H,23,24,25). The monoisotopic (exact) mass is 383 g/mol. The van der Waals surface area contributed by atoms with Crippen LogP contribution in [0.2, 0.25) is 0 Å². The van der Waals surface area contributed by atoms with Gasteiger partial charge in [0.1, 0.15) is 29.3 Å². The molecule has 0 aliphatic rings. The van der Waals surface area contributed by atoms with Gasteiger partial charge in [-0.2, -0.15) is 0 Å². The molecule has 0 aliphatic carbocycles. The van der Waals surface area contributed by atoms with Crippen molar-refractivity contribution in [1.29, 1.82) is 0 Å². The lowest BCUT2D eigenvalue weighted by molar-refractivity contribution is 0.0555. The molecule has 0 amide bonds. The van der Waals surface area contributed by atoms with Gasteiger partial charge in [0, 0.05) is 29.1 Å². The van der Waals surface area contributed by atoms with Gasteiger partial charge in [0.15, 0.2) is 0 Å². The van der Waals surface area contributed by atoms with E-state index in [-0.39, 0.29) is 11.7 Å². The molecule has 0 radical (unpaired) electrons. The highest BCUT2D eigenvalue weighted by Crippen LogP contribution is 2.29. The molecule has 0 saturated heterocycles. The average Bonchev–Trinajstić information content (AvgIpc) is 2.63. The summed E-state index contributed by atoms with van der Waals surface area (Å²) in [5.74, 6) is 1.47. The van der Waals surface area contributed by atoms with Gasteiger partial charge in [0.05, 0.1) is 25.3 Å². The van der Waals surface area contributed by atoms with Gasteiger partial charge in [-0.15, -0.1) is 0 Å². The van der Waals surface area contributed by atoms with E-state index in [4.69, 9.17) is 14.2 Å². The smallest absolute Gasteiger partial charge is 0.262 e. The normalized spacial score (nSPS) is 11.2. The van der Waals surface area contributed by atoms with Crippen LogP contribution in [0.3, 0.4) is 0 Å². The quantitative estimate of drug-likeness (QED) is 0.629. The van der Waals surface area contributed by atoms with Gasteiger partial charge in [-0.3, -0.25) is 9.78 Å². The number of H-pyrrole nitrogens is 1.